The molecule has 0 aromatic rings. The number of rotatable bonds is 2. The second kappa shape index (κ2) is 4.10. The highest BCUT2D eigenvalue weighted by atomic mass is 16.3. The van der Waals surface area contributed by atoms with E-state index in [-0.39, 0.29) is 0 Å². The maximum atomic E-state index is 9.27. The third-order valence-electron chi connectivity index (χ3n) is 3.25. The zero-order chi connectivity index (χ0) is 8.16. The fourth-order valence-corrected chi connectivity index (χ4v) is 2.10. The first-order valence-corrected chi connectivity index (χ1v) is 4.94. The van der Waals surface area contributed by atoms with Gasteiger partial charge in [0.1, 0.15) is 0 Å². The molecule has 0 aliphatic heterocycles. The number of aliphatic hydroxyl groups is 1. The van der Waals surface area contributed by atoms with E-state index in [0.29, 0.717) is 12.0 Å². The Hall–Kier alpha value is -0.0400. The first-order chi connectivity index (χ1) is 5.33. The highest BCUT2D eigenvalue weighted by Gasteiger charge is 2.27. The van der Waals surface area contributed by atoms with Gasteiger partial charge in [0, 0.05) is 6.61 Å². The Morgan fingerprint density at radius 3 is 2.00 bits per heavy atom. The van der Waals surface area contributed by atoms with E-state index in [0.717, 1.165) is 6.42 Å². The van der Waals surface area contributed by atoms with Crippen LogP contribution in [-0.4, -0.2) is 11.7 Å². The Morgan fingerprint density at radius 2 is 1.64 bits per heavy atom. The van der Waals surface area contributed by atoms with Crippen molar-refractivity contribution in [3.63, 3.8) is 0 Å². The summed E-state index contributed by atoms with van der Waals surface area (Å²) >= 11 is 0. The highest BCUT2D eigenvalue weighted by molar-refractivity contribution is 4.79. The van der Waals surface area contributed by atoms with E-state index in [1.807, 2.05) is 0 Å². The third kappa shape index (κ3) is 2.19. The van der Waals surface area contributed by atoms with Crippen LogP contribution in [0.15, 0.2) is 0 Å². The summed E-state index contributed by atoms with van der Waals surface area (Å²) in [5, 5.41) is 9.27. The molecular weight excluding hydrogens is 136 g/mol. The molecule has 11 heavy (non-hydrogen) atoms. The van der Waals surface area contributed by atoms with Gasteiger partial charge < -0.3 is 5.11 Å². The predicted molar refractivity (Wildman–Crippen MR) is 47.5 cm³/mol. The Morgan fingerprint density at radius 1 is 1.09 bits per heavy atom. The van der Waals surface area contributed by atoms with E-state index in [1.54, 1.807) is 0 Å². The van der Waals surface area contributed by atoms with Gasteiger partial charge in [-0.15, -0.1) is 0 Å². The average Bonchev–Trinajstić information content (AvgIpc) is 2.30. The van der Waals surface area contributed by atoms with E-state index < -0.39 is 0 Å². The van der Waals surface area contributed by atoms with Gasteiger partial charge in [-0.2, -0.15) is 0 Å². The SMILES string of the molecule is CCC1(CO)CCCCCC1. The molecule has 0 amide bonds. The van der Waals surface area contributed by atoms with Crippen LogP contribution in [0.4, 0.5) is 0 Å². The zero-order valence-corrected chi connectivity index (χ0v) is 7.60. The summed E-state index contributed by atoms with van der Waals surface area (Å²) in [5.74, 6) is 0. The van der Waals surface area contributed by atoms with E-state index >= 15 is 0 Å². The highest BCUT2D eigenvalue weighted by Crippen LogP contribution is 2.37. The minimum Gasteiger partial charge on any atom is -0.396 e. The van der Waals surface area contributed by atoms with Crippen molar-refractivity contribution in [3.8, 4) is 0 Å². The first-order valence-electron chi connectivity index (χ1n) is 4.94. The van der Waals surface area contributed by atoms with Crippen LogP contribution in [0.3, 0.4) is 0 Å². The standard InChI is InChI=1S/C10H20O/c1-2-10(9-11)7-5-3-4-6-8-10/h11H,2-9H2,1H3. The lowest BCUT2D eigenvalue weighted by atomic mass is 9.79. The van der Waals surface area contributed by atoms with Crippen LogP contribution in [0.25, 0.3) is 0 Å². The van der Waals surface area contributed by atoms with E-state index in [2.05, 4.69) is 6.92 Å². The van der Waals surface area contributed by atoms with E-state index in [1.165, 1.54) is 38.5 Å². The van der Waals surface area contributed by atoms with Crippen LogP contribution in [0, 0.1) is 5.41 Å². The molecule has 1 aliphatic carbocycles. The number of hydrogen-bond acceptors (Lipinski definition) is 1. The Labute approximate surface area is 69.8 Å². The van der Waals surface area contributed by atoms with Gasteiger partial charge in [-0.1, -0.05) is 32.6 Å². The molecule has 0 unspecified atom stereocenters. The molecule has 1 heteroatoms. The van der Waals surface area contributed by atoms with Crippen LogP contribution >= 0.6 is 0 Å². The van der Waals surface area contributed by atoms with E-state index in [9.17, 15) is 5.11 Å². The summed E-state index contributed by atoms with van der Waals surface area (Å²) in [6, 6.07) is 0. The van der Waals surface area contributed by atoms with Gasteiger partial charge in [0.2, 0.25) is 0 Å². The number of aliphatic hydroxyl groups excluding tert-OH is 1. The van der Waals surface area contributed by atoms with Gasteiger partial charge >= 0.3 is 0 Å². The van der Waals surface area contributed by atoms with Gasteiger partial charge in [-0.25, -0.2) is 0 Å². The van der Waals surface area contributed by atoms with Crippen molar-refractivity contribution in [1.82, 2.24) is 0 Å². The maximum absolute atomic E-state index is 9.27. The molecule has 1 rings (SSSR count). The quantitative estimate of drug-likeness (QED) is 0.609. The molecule has 66 valence electrons. The topological polar surface area (TPSA) is 20.2 Å². The largest absolute Gasteiger partial charge is 0.396 e. The molecule has 0 atom stereocenters. The zero-order valence-electron chi connectivity index (χ0n) is 7.60. The van der Waals surface area contributed by atoms with Gasteiger partial charge in [0.25, 0.3) is 0 Å². The van der Waals surface area contributed by atoms with Crippen molar-refractivity contribution in [2.24, 2.45) is 5.41 Å². The summed E-state index contributed by atoms with van der Waals surface area (Å²) in [6.07, 6.45) is 9.07. The minimum atomic E-state index is 0.302. The molecule has 1 N–H and O–H groups in total. The molecule has 0 heterocycles. The fourth-order valence-electron chi connectivity index (χ4n) is 2.10. The molecule has 1 saturated carbocycles. The average molecular weight is 156 g/mol. The summed E-state index contributed by atoms with van der Waals surface area (Å²) in [6.45, 7) is 2.62. The minimum absolute atomic E-state index is 0.302. The summed E-state index contributed by atoms with van der Waals surface area (Å²) in [4.78, 5) is 0. The molecule has 0 aromatic carbocycles. The monoisotopic (exact) mass is 156 g/mol. The lowest BCUT2D eigenvalue weighted by Crippen LogP contribution is -2.23. The van der Waals surface area contributed by atoms with Crippen LogP contribution in [0.2, 0.25) is 0 Å². The fraction of sp³-hybridized carbons (Fsp3) is 1.00. The van der Waals surface area contributed by atoms with Crippen LogP contribution < -0.4 is 0 Å². The lowest BCUT2D eigenvalue weighted by Gasteiger charge is -2.28. The van der Waals surface area contributed by atoms with Gasteiger partial charge in [0.05, 0.1) is 0 Å². The smallest absolute Gasteiger partial charge is 0.0487 e. The molecule has 1 nitrogen and oxygen atoms in total. The molecule has 1 aliphatic rings. The van der Waals surface area contributed by atoms with Crippen LogP contribution in [-0.2, 0) is 0 Å². The predicted octanol–water partition coefficient (Wildman–Crippen LogP) is 2.73. The van der Waals surface area contributed by atoms with Crippen LogP contribution in [0.1, 0.15) is 51.9 Å². The Balaban J connectivity index is 2.49. The van der Waals surface area contributed by atoms with E-state index in [4.69, 9.17) is 0 Å². The molecule has 1 fully saturated rings. The molecule has 0 spiro atoms. The molecular formula is C10H20O. The second-order valence-corrected chi connectivity index (χ2v) is 3.93. The first kappa shape index (κ1) is 9.05. The summed E-state index contributed by atoms with van der Waals surface area (Å²) in [5.41, 5.74) is 0.302. The van der Waals surface area contributed by atoms with Crippen LogP contribution in [0.5, 0.6) is 0 Å². The molecule has 0 bridgehead atoms. The van der Waals surface area contributed by atoms with Gasteiger partial charge in [0.15, 0.2) is 0 Å². The Bertz CT molecular complexity index is 95.4. The third-order valence-corrected chi connectivity index (χ3v) is 3.25. The summed E-state index contributed by atoms with van der Waals surface area (Å²) in [7, 11) is 0. The van der Waals surface area contributed by atoms with Crippen molar-refractivity contribution in [2.75, 3.05) is 6.61 Å². The van der Waals surface area contributed by atoms with Crippen molar-refractivity contribution in [3.05, 3.63) is 0 Å². The number of hydrogen-bond donors (Lipinski definition) is 1. The Kier molecular flexibility index (Phi) is 3.38. The van der Waals surface area contributed by atoms with Crippen molar-refractivity contribution < 1.29 is 5.11 Å². The normalized spacial score (nSPS) is 24.5. The molecule has 0 aromatic heterocycles. The lowest BCUT2D eigenvalue weighted by molar-refractivity contribution is 0.103. The second-order valence-electron chi connectivity index (χ2n) is 3.93. The maximum Gasteiger partial charge on any atom is 0.0487 e. The van der Waals surface area contributed by atoms with Crippen molar-refractivity contribution in [2.45, 2.75) is 51.9 Å². The van der Waals surface area contributed by atoms with Gasteiger partial charge in [-0.3, -0.25) is 0 Å². The summed E-state index contributed by atoms with van der Waals surface area (Å²) < 4.78 is 0. The molecule has 0 radical (unpaired) electrons. The van der Waals surface area contributed by atoms with Gasteiger partial charge in [-0.05, 0) is 24.7 Å². The van der Waals surface area contributed by atoms with Crippen molar-refractivity contribution in [1.29, 1.82) is 0 Å². The van der Waals surface area contributed by atoms with Crippen molar-refractivity contribution >= 4 is 0 Å². The molecule has 0 saturated heterocycles.